The minimum Gasteiger partial charge on any atom is -0.466 e. The van der Waals surface area contributed by atoms with Crippen molar-refractivity contribution in [3.05, 3.63) is 47.4 Å². The lowest BCUT2D eigenvalue weighted by Crippen LogP contribution is -2.12. The van der Waals surface area contributed by atoms with Crippen molar-refractivity contribution in [2.75, 3.05) is 5.32 Å². The van der Waals surface area contributed by atoms with E-state index in [-0.39, 0.29) is 10.9 Å². The number of hydrogen-bond acceptors (Lipinski definition) is 4. The Kier molecular flexibility index (Phi) is 3.87. The summed E-state index contributed by atoms with van der Waals surface area (Å²) in [6, 6.07) is 8.41. The van der Waals surface area contributed by atoms with Gasteiger partial charge in [-0.2, -0.15) is 0 Å². The molecular weight excluding hydrogens is 276 g/mol. The smallest absolute Gasteiger partial charge is 0.238 e. The molecule has 1 unspecified atom stereocenters. The lowest BCUT2D eigenvalue weighted by molar-refractivity contribution is 0.500. The number of anilines is 1. The number of primary sulfonamides is 1. The summed E-state index contributed by atoms with van der Waals surface area (Å²) in [4.78, 5) is 0.103. The van der Waals surface area contributed by atoms with E-state index in [1.165, 1.54) is 12.1 Å². The third kappa shape index (κ3) is 3.20. The lowest BCUT2D eigenvalue weighted by Gasteiger charge is -2.14. The maximum atomic E-state index is 11.2. The number of sulfonamides is 1. The number of furan rings is 1. The fourth-order valence-corrected chi connectivity index (χ4v) is 2.66. The second-order valence-electron chi connectivity index (χ2n) is 4.80. The molecule has 0 aliphatic rings. The third-order valence-electron chi connectivity index (χ3n) is 3.11. The first-order valence-electron chi connectivity index (χ1n) is 6.23. The molecule has 1 heterocycles. The van der Waals surface area contributed by atoms with Crippen molar-refractivity contribution < 1.29 is 12.8 Å². The number of hydrogen-bond donors (Lipinski definition) is 2. The van der Waals surface area contributed by atoms with Crippen molar-refractivity contribution in [1.82, 2.24) is 0 Å². The van der Waals surface area contributed by atoms with Crippen LogP contribution in [0.15, 0.2) is 39.6 Å². The van der Waals surface area contributed by atoms with E-state index < -0.39 is 10.0 Å². The topological polar surface area (TPSA) is 85.3 Å². The highest BCUT2D eigenvalue weighted by Crippen LogP contribution is 2.25. The number of nitrogens with one attached hydrogen (secondary N) is 1. The molecular formula is C14H18N2O3S. The van der Waals surface area contributed by atoms with Crippen LogP contribution in [0, 0.1) is 13.8 Å². The molecule has 2 rings (SSSR count). The normalized spacial score (nSPS) is 13.2. The van der Waals surface area contributed by atoms with Crippen LogP contribution in [0.5, 0.6) is 0 Å². The number of aryl methyl sites for hydroxylation is 2. The molecule has 0 saturated carbocycles. The Labute approximate surface area is 118 Å². The van der Waals surface area contributed by atoms with Gasteiger partial charge in [-0.05, 0) is 51.1 Å². The van der Waals surface area contributed by atoms with Crippen LogP contribution in [0.2, 0.25) is 0 Å². The van der Waals surface area contributed by atoms with Crippen LogP contribution in [0.3, 0.4) is 0 Å². The van der Waals surface area contributed by atoms with Gasteiger partial charge in [0.15, 0.2) is 0 Å². The van der Waals surface area contributed by atoms with Crippen molar-refractivity contribution >= 4 is 15.7 Å². The summed E-state index contributed by atoms with van der Waals surface area (Å²) in [6.45, 7) is 5.85. The molecule has 1 aromatic carbocycles. The van der Waals surface area contributed by atoms with Crippen LogP contribution in [0.1, 0.15) is 30.0 Å². The zero-order chi connectivity index (χ0) is 14.9. The average molecular weight is 294 g/mol. The minimum absolute atomic E-state index is 0.0628. The molecule has 0 fully saturated rings. The zero-order valence-electron chi connectivity index (χ0n) is 11.7. The summed E-state index contributed by atoms with van der Waals surface area (Å²) in [5.41, 5.74) is 1.90. The molecule has 0 aliphatic carbocycles. The van der Waals surface area contributed by atoms with Gasteiger partial charge in [0.25, 0.3) is 0 Å². The first-order chi connectivity index (χ1) is 9.27. The van der Waals surface area contributed by atoms with Gasteiger partial charge in [-0.15, -0.1) is 0 Å². The summed E-state index contributed by atoms with van der Waals surface area (Å²) in [7, 11) is -3.65. The van der Waals surface area contributed by atoms with Crippen molar-refractivity contribution in [3.63, 3.8) is 0 Å². The third-order valence-corrected chi connectivity index (χ3v) is 4.04. The molecule has 108 valence electrons. The van der Waals surface area contributed by atoms with Gasteiger partial charge >= 0.3 is 0 Å². The maximum absolute atomic E-state index is 11.2. The van der Waals surface area contributed by atoms with E-state index in [1.54, 1.807) is 12.1 Å². The van der Waals surface area contributed by atoms with E-state index in [0.717, 1.165) is 22.8 Å². The van der Waals surface area contributed by atoms with Gasteiger partial charge in [0.2, 0.25) is 10.0 Å². The Morgan fingerprint density at radius 1 is 1.20 bits per heavy atom. The monoisotopic (exact) mass is 294 g/mol. The fourth-order valence-electron chi connectivity index (χ4n) is 2.15. The van der Waals surface area contributed by atoms with Gasteiger partial charge < -0.3 is 9.73 Å². The largest absolute Gasteiger partial charge is 0.466 e. The van der Waals surface area contributed by atoms with Crippen LogP contribution in [-0.4, -0.2) is 8.42 Å². The number of benzene rings is 1. The Hall–Kier alpha value is -1.79. The predicted molar refractivity (Wildman–Crippen MR) is 78.0 cm³/mol. The first-order valence-corrected chi connectivity index (χ1v) is 7.78. The van der Waals surface area contributed by atoms with Gasteiger partial charge in [0, 0.05) is 11.3 Å². The Morgan fingerprint density at radius 3 is 2.25 bits per heavy atom. The summed E-state index contributed by atoms with van der Waals surface area (Å²) in [5, 5.41) is 8.36. The van der Waals surface area contributed by atoms with E-state index in [2.05, 4.69) is 5.32 Å². The molecule has 1 aromatic heterocycles. The van der Waals surface area contributed by atoms with Gasteiger partial charge in [0.1, 0.15) is 11.5 Å². The highest BCUT2D eigenvalue weighted by Gasteiger charge is 2.13. The molecule has 6 heteroatoms. The molecule has 0 bridgehead atoms. The summed E-state index contributed by atoms with van der Waals surface area (Å²) < 4.78 is 27.9. The lowest BCUT2D eigenvalue weighted by atomic mass is 10.1. The fraction of sp³-hybridized carbons (Fsp3) is 0.286. The van der Waals surface area contributed by atoms with E-state index in [9.17, 15) is 8.42 Å². The maximum Gasteiger partial charge on any atom is 0.238 e. The van der Waals surface area contributed by atoms with Gasteiger partial charge in [-0.1, -0.05) is 0 Å². The second-order valence-corrected chi connectivity index (χ2v) is 6.37. The van der Waals surface area contributed by atoms with Crippen LogP contribution >= 0.6 is 0 Å². The molecule has 0 saturated heterocycles. The molecule has 20 heavy (non-hydrogen) atoms. The molecule has 0 spiro atoms. The summed E-state index contributed by atoms with van der Waals surface area (Å²) in [6.07, 6.45) is 0. The molecule has 5 nitrogen and oxygen atoms in total. The van der Waals surface area contributed by atoms with E-state index >= 15 is 0 Å². The average Bonchev–Trinajstić information content (AvgIpc) is 2.68. The standard InChI is InChI=1S/C14H18N2O3S/c1-9-8-14(11(3)19-9)10(2)16-12-4-6-13(7-5-12)20(15,17)18/h4-8,10,16H,1-3H3,(H2,15,17,18). The Bertz CT molecular complexity index is 703. The van der Waals surface area contributed by atoms with E-state index in [4.69, 9.17) is 9.56 Å². The SMILES string of the molecule is Cc1cc(C(C)Nc2ccc(S(N)(=O)=O)cc2)c(C)o1. The van der Waals surface area contributed by atoms with Crippen molar-refractivity contribution in [2.45, 2.75) is 31.7 Å². The highest BCUT2D eigenvalue weighted by molar-refractivity contribution is 7.89. The van der Waals surface area contributed by atoms with Crippen molar-refractivity contribution in [1.29, 1.82) is 0 Å². The molecule has 2 aromatic rings. The van der Waals surface area contributed by atoms with Gasteiger partial charge in [-0.25, -0.2) is 13.6 Å². The Morgan fingerprint density at radius 2 is 1.80 bits per heavy atom. The van der Waals surface area contributed by atoms with E-state index in [1.807, 2.05) is 26.8 Å². The summed E-state index contributed by atoms with van der Waals surface area (Å²) in [5.74, 6) is 1.75. The van der Waals surface area contributed by atoms with E-state index in [0.29, 0.717) is 0 Å². The number of nitrogens with two attached hydrogens (primary N) is 1. The predicted octanol–water partition coefficient (Wildman–Crippen LogP) is 2.72. The van der Waals surface area contributed by atoms with Crippen molar-refractivity contribution in [2.24, 2.45) is 5.14 Å². The number of rotatable bonds is 4. The van der Waals surface area contributed by atoms with Crippen LogP contribution in [-0.2, 0) is 10.0 Å². The first kappa shape index (κ1) is 14.6. The summed E-state index contributed by atoms with van der Waals surface area (Å²) >= 11 is 0. The van der Waals surface area contributed by atoms with Crippen LogP contribution < -0.4 is 10.5 Å². The van der Waals surface area contributed by atoms with Crippen LogP contribution in [0.4, 0.5) is 5.69 Å². The Balaban J connectivity index is 2.16. The van der Waals surface area contributed by atoms with Gasteiger partial charge in [0.05, 0.1) is 10.9 Å². The second kappa shape index (κ2) is 5.30. The molecule has 0 radical (unpaired) electrons. The molecule has 3 N–H and O–H groups in total. The van der Waals surface area contributed by atoms with Crippen molar-refractivity contribution in [3.8, 4) is 0 Å². The molecule has 1 atom stereocenters. The van der Waals surface area contributed by atoms with Gasteiger partial charge in [-0.3, -0.25) is 0 Å². The zero-order valence-corrected chi connectivity index (χ0v) is 12.5. The molecule has 0 aliphatic heterocycles. The highest BCUT2D eigenvalue weighted by atomic mass is 32.2. The quantitative estimate of drug-likeness (QED) is 0.908. The molecule has 0 amide bonds. The van der Waals surface area contributed by atoms with Crippen LogP contribution in [0.25, 0.3) is 0 Å². The minimum atomic E-state index is -3.65.